The van der Waals surface area contributed by atoms with Gasteiger partial charge in [0.15, 0.2) is 0 Å². The molecule has 16 rings (SSSR count). The molecule has 0 spiro atoms. The standard InChI is InChI=1S/C74H53N3S/c1-73(2)62-27-14-11-22-55(62)56-40-39-53(45-64(56)73)75(50-33-30-47(31-34-50)46-18-7-5-8-19-46)51-35-37-52(38-36-51)76-65-42-32-48(54-25-17-26-59-57-23-13-16-29-67(57)78-72(54)59)44-61(65)58-41-43-66-68(70(58)76)69-71(77(66)49-20-9-6-10-21-49)60-24-12-15-28-63(60)74(69,3)4/h5-45H,1-4H3. The molecule has 3 heterocycles. The Morgan fingerprint density at radius 3 is 1.72 bits per heavy atom. The van der Waals surface area contributed by atoms with E-state index in [0.29, 0.717) is 0 Å². The van der Waals surface area contributed by atoms with Crippen LogP contribution in [0.5, 0.6) is 0 Å². The van der Waals surface area contributed by atoms with Crippen LogP contribution in [0.15, 0.2) is 249 Å². The highest BCUT2D eigenvalue weighted by Gasteiger charge is 2.42. The second-order valence-electron chi connectivity index (χ2n) is 22.4. The molecule has 0 radical (unpaired) electrons. The molecule has 0 bridgehead atoms. The summed E-state index contributed by atoms with van der Waals surface area (Å²) >= 11 is 1.89. The van der Waals surface area contributed by atoms with Gasteiger partial charge in [-0.25, -0.2) is 0 Å². The van der Waals surface area contributed by atoms with Gasteiger partial charge in [-0.1, -0.05) is 191 Å². The predicted octanol–water partition coefficient (Wildman–Crippen LogP) is 20.5. The average molecular weight is 1020 g/mol. The van der Waals surface area contributed by atoms with E-state index in [4.69, 9.17) is 0 Å². The molecule has 0 amide bonds. The van der Waals surface area contributed by atoms with Crippen molar-refractivity contribution in [2.75, 3.05) is 4.90 Å². The summed E-state index contributed by atoms with van der Waals surface area (Å²) in [6, 6.07) is 92.8. The molecule has 0 aliphatic heterocycles. The van der Waals surface area contributed by atoms with Gasteiger partial charge in [-0.15, -0.1) is 11.3 Å². The van der Waals surface area contributed by atoms with E-state index in [9.17, 15) is 0 Å². The van der Waals surface area contributed by atoms with Crippen LogP contribution < -0.4 is 4.90 Å². The molecule has 0 saturated carbocycles. The number of aromatic nitrogens is 2. The van der Waals surface area contributed by atoms with E-state index in [2.05, 4.69) is 290 Å². The first-order valence-corrected chi connectivity index (χ1v) is 28.1. The Labute approximate surface area is 458 Å². The maximum Gasteiger partial charge on any atom is 0.0638 e. The lowest BCUT2D eigenvalue weighted by Crippen LogP contribution is -2.16. The Balaban J connectivity index is 0.935. The molecule has 4 heteroatoms. The molecule has 3 nitrogen and oxygen atoms in total. The Hall–Kier alpha value is -9.22. The lowest BCUT2D eigenvalue weighted by atomic mass is 9.81. The zero-order valence-electron chi connectivity index (χ0n) is 43.9. The van der Waals surface area contributed by atoms with Gasteiger partial charge in [0.05, 0.1) is 22.2 Å². The fourth-order valence-corrected chi connectivity index (χ4v) is 15.1. The second kappa shape index (κ2) is 16.6. The van der Waals surface area contributed by atoms with Crippen molar-refractivity contribution in [3.8, 4) is 56.0 Å². The molecule has 2 aliphatic carbocycles. The summed E-state index contributed by atoms with van der Waals surface area (Å²) in [6.07, 6.45) is 0. The van der Waals surface area contributed by atoms with Crippen molar-refractivity contribution >= 4 is 81.3 Å². The number of para-hydroxylation sites is 1. The van der Waals surface area contributed by atoms with Crippen molar-refractivity contribution in [1.82, 2.24) is 9.13 Å². The first-order valence-electron chi connectivity index (χ1n) is 27.2. The smallest absolute Gasteiger partial charge is 0.0638 e. The third-order valence-electron chi connectivity index (χ3n) is 17.5. The van der Waals surface area contributed by atoms with Crippen LogP contribution in [0.1, 0.15) is 49.9 Å². The van der Waals surface area contributed by atoms with Gasteiger partial charge in [-0.3, -0.25) is 0 Å². The Kier molecular flexibility index (Phi) is 9.60. The first-order chi connectivity index (χ1) is 38.2. The van der Waals surface area contributed by atoms with E-state index in [0.717, 1.165) is 28.4 Å². The third kappa shape index (κ3) is 6.38. The number of anilines is 3. The molecule has 0 fully saturated rings. The monoisotopic (exact) mass is 1020 g/mol. The highest BCUT2D eigenvalue weighted by molar-refractivity contribution is 7.26. The molecule has 11 aromatic carbocycles. The Bertz CT molecular complexity index is 4760. The minimum Gasteiger partial charge on any atom is -0.310 e. The van der Waals surface area contributed by atoms with Gasteiger partial charge < -0.3 is 14.0 Å². The number of benzene rings is 11. The number of fused-ring (bicyclic) bond motifs is 15. The Morgan fingerprint density at radius 2 is 0.936 bits per heavy atom. The lowest BCUT2D eigenvalue weighted by molar-refractivity contribution is 0.660. The summed E-state index contributed by atoms with van der Waals surface area (Å²) in [5.74, 6) is 0. The van der Waals surface area contributed by atoms with Crippen molar-refractivity contribution in [2.24, 2.45) is 0 Å². The molecule has 3 aromatic heterocycles. The van der Waals surface area contributed by atoms with Crippen LogP contribution in [0.2, 0.25) is 0 Å². The molecule has 2 aliphatic rings. The van der Waals surface area contributed by atoms with E-state index in [1.54, 1.807) is 0 Å². The molecular weight excluding hydrogens is 963 g/mol. The van der Waals surface area contributed by atoms with E-state index in [1.165, 1.54) is 120 Å². The van der Waals surface area contributed by atoms with Gasteiger partial charge in [0.1, 0.15) is 0 Å². The van der Waals surface area contributed by atoms with E-state index < -0.39 is 0 Å². The quantitative estimate of drug-likeness (QED) is 0.155. The van der Waals surface area contributed by atoms with Crippen molar-refractivity contribution in [3.63, 3.8) is 0 Å². The number of rotatable bonds is 7. The highest BCUT2D eigenvalue weighted by atomic mass is 32.1. The number of hydrogen-bond donors (Lipinski definition) is 0. The number of hydrogen-bond acceptors (Lipinski definition) is 2. The molecule has 78 heavy (non-hydrogen) atoms. The van der Waals surface area contributed by atoms with Crippen LogP contribution in [-0.2, 0) is 10.8 Å². The number of thiophene rings is 1. The summed E-state index contributed by atoms with van der Waals surface area (Å²) < 4.78 is 7.75. The van der Waals surface area contributed by atoms with Gasteiger partial charge in [0.2, 0.25) is 0 Å². The summed E-state index contributed by atoms with van der Waals surface area (Å²) in [5.41, 5.74) is 24.4. The van der Waals surface area contributed by atoms with Gasteiger partial charge in [0.25, 0.3) is 0 Å². The lowest BCUT2D eigenvalue weighted by Gasteiger charge is -2.28. The summed E-state index contributed by atoms with van der Waals surface area (Å²) in [4.78, 5) is 2.44. The minimum atomic E-state index is -0.270. The fourth-order valence-electron chi connectivity index (χ4n) is 13.8. The maximum absolute atomic E-state index is 2.57. The molecule has 0 atom stereocenters. The van der Waals surface area contributed by atoms with Gasteiger partial charge in [-0.05, 0) is 141 Å². The van der Waals surface area contributed by atoms with E-state index in [-0.39, 0.29) is 10.8 Å². The van der Waals surface area contributed by atoms with Crippen LogP contribution in [0, 0.1) is 0 Å². The zero-order chi connectivity index (χ0) is 52.0. The normalized spacial score (nSPS) is 13.8. The summed E-state index contributed by atoms with van der Waals surface area (Å²) in [5, 5.41) is 6.41. The zero-order valence-corrected chi connectivity index (χ0v) is 44.7. The van der Waals surface area contributed by atoms with Crippen LogP contribution in [-0.4, -0.2) is 9.13 Å². The Morgan fingerprint density at radius 1 is 0.359 bits per heavy atom. The summed E-state index contributed by atoms with van der Waals surface area (Å²) in [6.45, 7) is 9.59. The molecular formula is C74H53N3S. The first kappa shape index (κ1) is 45.0. The molecule has 370 valence electrons. The number of nitrogens with zero attached hydrogens (tertiary/aromatic N) is 3. The van der Waals surface area contributed by atoms with Gasteiger partial charge >= 0.3 is 0 Å². The summed E-state index contributed by atoms with van der Waals surface area (Å²) in [7, 11) is 0. The van der Waals surface area contributed by atoms with Crippen molar-refractivity contribution in [2.45, 2.75) is 38.5 Å². The molecule has 0 saturated heterocycles. The van der Waals surface area contributed by atoms with Gasteiger partial charge in [-0.2, -0.15) is 0 Å². The van der Waals surface area contributed by atoms with Gasteiger partial charge in [0, 0.05) is 81.2 Å². The molecule has 0 unspecified atom stereocenters. The highest BCUT2D eigenvalue weighted by Crippen LogP contribution is 2.57. The van der Waals surface area contributed by atoms with Crippen molar-refractivity contribution in [3.05, 3.63) is 271 Å². The van der Waals surface area contributed by atoms with Crippen molar-refractivity contribution < 1.29 is 0 Å². The van der Waals surface area contributed by atoms with Crippen LogP contribution in [0.3, 0.4) is 0 Å². The van der Waals surface area contributed by atoms with Crippen LogP contribution in [0.4, 0.5) is 17.1 Å². The minimum absolute atomic E-state index is 0.143. The molecule has 0 N–H and O–H groups in total. The fraction of sp³-hybridized carbons (Fsp3) is 0.0811. The largest absolute Gasteiger partial charge is 0.310 e. The molecule has 14 aromatic rings. The van der Waals surface area contributed by atoms with Crippen LogP contribution >= 0.6 is 11.3 Å². The second-order valence-corrected chi connectivity index (χ2v) is 23.5. The van der Waals surface area contributed by atoms with E-state index in [1.807, 2.05) is 11.3 Å². The maximum atomic E-state index is 2.57. The van der Waals surface area contributed by atoms with Crippen molar-refractivity contribution in [1.29, 1.82) is 0 Å². The topological polar surface area (TPSA) is 13.1 Å². The van der Waals surface area contributed by atoms with Crippen LogP contribution in [0.25, 0.3) is 109 Å². The van der Waals surface area contributed by atoms with E-state index >= 15 is 0 Å². The SMILES string of the molecule is CC1(C)c2ccccc2-c2ccc(N(c3ccc(-c4ccccc4)cc3)c3ccc(-n4c5ccc(-c6cccc7c6sc6ccccc67)cc5c5ccc6c(c7c(n6-c6ccccc6)-c6ccccc6C7(C)C)c54)cc3)cc21. The predicted molar refractivity (Wildman–Crippen MR) is 331 cm³/mol. The third-order valence-corrected chi connectivity index (χ3v) is 18.7. The average Bonchev–Trinajstić information content (AvgIpc) is 3.22.